The van der Waals surface area contributed by atoms with E-state index in [4.69, 9.17) is 4.74 Å². The lowest BCUT2D eigenvalue weighted by molar-refractivity contribution is 0.0824. The Morgan fingerprint density at radius 3 is 2.24 bits per heavy atom. The monoisotopic (exact) mass is 413 g/mol. The van der Waals surface area contributed by atoms with E-state index in [9.17, 15) is 4.79 Å². The van der Waals surface area contributed by atoms with E-state index in [0.29, 0.717) is 0 Å². The number of amides is 1. The Bertz CT molecular complexity index is 833. The molecule has 2 aromatic carbocycles. The van der Waals surface area contributed by atoms with Gasteiger partial charge in [0.1, 0.15) is 5.75 Å². The molecule has 1 aliphatic heterocycles. The summed E-state index contributed by atoms with van der Waals surface area (Å²) in [7, 11) is 5.35. The van der Waals surface area contributed by atoms with Crippen LogP contribution in [0.4, 0.5) is 11.4 Å². The number of carbonyl (C=O) groups excluding carboxylic acids is 1. The lowest BCUT2D eigenvalue weighted by atomic mass is 10.1. The number of piperazine rings is 1. The number of ether oxygens (including phenoxy) is 1. The molecular weight excluding hydrogens is 382 g/mol. The third kappa shape index (κ3) is 4.81. The van der Waals surface area contributed by atoms with E-state index in [1.807, 2.05) is 38.4 Å². The lowest BCUT2D eigenvalue weighted by Crippen LogP contribution is -2.47. The van der Waals surface area contributed by atoms with Gasteiger partial charge in [-0.2, -0.15) is 0 Å². The Balaban J connectivity index is 1.82. The third-order valence-electron chi connectivity index (χ3n) is 5.13. The molecule has 2 aromatic rings. The van der Waals surface area contributed by atoms with Crippen molar-refractivity contribution in [2.45, 2.75) is 18.2 Å². The van der Waals surface area contributed by atoms with Gasteiger partial charge in [-0.15, -0.1) is 11.8 Å². The topological polar surface area (TPSA) is 36.0 Å². The van der Waals surface area contributed by atoms with Gasteiger partial charge < -0.3 is 19.4 Å². The number of anilines is 2. The molecule has 1 aliphatic rings. The number of hydrogen-bond donors (Lipinski definition) is 0. The minimum Gasteiger partial charge on any atom is -0.495 e. The van der Waals surface area contributed by atoms with Crippen molar-refractivity contribution in [3.63, 3.8) is 0 Å². The molecular formula is C23H31N3O2S. The van der Waals surface area contributed by atoms with Crippen LogP contribution in [0.5, 0.6) is 5.75 Å². The highest BCUT2D eigenvalue weighted by Gasteiger charge is 2.24. The van der Waals surface area contributed by atoms with E-state index in [1.54, 1.807) is 23.8 Å². The summed E-state index contributed by atoms with van der Waals surface area (Å²) >= 11 is 1.79. The largest absolute Gasteiger partial charge is 0.495 e. The van der Waals surface area contributed by atoms with Gasteiger partial charge in [0.25, 0.3) is 5.91 Å². The second-order valence-corrected chi connectivity index (χ2v) is 8.45. The predicted octanol–water partition coefficient (Wildman–Crippen LogP) is 4.23. The highest BCUT2D eigenvalue weighted by Crippen LogP contribution is 2.36. The van der Waals surface area contributed by atoms with E-state index in [0.717, 1.165) is 60.2 Å². The van der Waals surface area contributed by atoms with Crippen LogP contribution in [0, 0.1) is 0 Å². The van der Waals surface area contributed by atoms with Crippen LogP contribution in [0.25, 0.3) is 0 Å². The van der Waals surface area contributed by atoms with Gasteiger partial charge in [-0.1, -0.05) is 25.1 Å². The molecule has 1 heterocycles. The Hall–Kier alpha value is -2.34. The van der Waals surface area contributed by atoms with Crippen LogP contribution in [-0.2, 0) is 0 Å². The quantitative estimate of drug-likeness (QED) is 0.635. The average molecular weight is 414 g/mol. The van der Waals surface area contributed by atoms with Gasteiger partial charge in [-0.3, -0.25) is 4.79 Å². The van der Waals surface area contributed by atoms with E-state index >= 15 is 0 Å². The summed E-state index contributed by atoms with van der Waals surface area (Å²) in [5.41, 5.74) is 3.13. The van der Waals surface area contributed by atoms with Gasteiger partial charge in [-0.25, -0.2) is 0 Å². The summed E-state index contributed by atoms with van der Waals surface area (Å²) in [5.74, 6) is 1.99. The minimum atomic E-state index is 0.0677. The van der Waals surface area contributed by atoms with Gasteiger partial charge in [0.15, 0.2) is 0 Å². The van der Waals surface area contributed by atoms with Crippen molar-refractivity contribution >= 4 is 29.0 Å². The van der Waals surface area contributed by atoms with E-state index < -0.39 is 0 Å². The molecule has 29 heavy (non-hydrogen) atoms. The fourth-order valence-corrected chi connectivity index (χ4v) is 4.68. The Morgan fingerprint density at radius 2 is 1.62 bits per heavy atom. The van der Waals surface area contributed by atoms with Gasteiger partial charge in [-0.05, 0) is 36.4 Å². The van der Waals surface area contributed by atoms with E-state index in [1.165, 1.54) is 5.69 Å². The van der Waals surface area contributed by atoms with Gasteiger partial charge >= 0.3 is 0 Å². The molecule has 0 bridgehead atoms. The average Bonchev–Trinajstić information content (AvgIpc) is 2.77. The molecule has 0 aliphatic carbocycles. The molecule has 0 aromatic heterocycles. The first-order chi connectivity index (χ1) is 14.1. The normalized spacial score (nSPS) is 14.1. The summed E-state index contributed by atoms with van der Waals surface area (Å²) in [4.78, 5) is 20.3. The van der Waals surface area contributed by atoms with Crippen molar-refractivity contribution in [3.8, 4) is 5.75 Å². The highest BCUT2D eigenvalue weighted by atomic mass is 32.2. The summed E-state index contributed by atoms with van der Waals surface area (Å²) in [5, 5.41) is 0. The Morgan fingerprint density at radius 1 is 1.00 bits per heavy atom. The van der Waals surface area contributed by atoms with E-state index in [2.05, 4.69) is 34.9 Å². The van der Waals surface area contributed by atoms with Gasteiger partial charge in [0.2, 0.25) is 0 Å². The van der Waals surface area contributed by atoms with Crippen molar-refractivity contribution in [1.29, 1.82) is 0 Å². The van der Waals surface area contributed by atoms with Crippen molar-refractivity contribution < 1.29 is 9.53 Å². The van der Waals surface area contributed by atoms with Crippen LogP contribution >= 0.6 is 11.8 Å². The first-order valence-electron chi connectivity index (χ1n) is 10.2. The molecule has 1 saturated heterocycles. The number of carbonyl (C=O) groups is 1. The fraction of sp³-hybridized carbons (Fsp3) is 0.435. The standard InChI is InChI=1S/C23H31N3O2S/c1-5-17-29-22-18(23(27)24(2)3)9-8-11-20(22)26-15-13-25(14-16-26)19-10-6-7-12-21(19)28-4/h6-12H,5,13-17H2,1-4H3. The smallest absolute Gasteiger partial charge is 0.254 e. The summed E-state index contributed by atoms with van der Waals surface area (Å²) in [6.45, 7) is 5.85. The van der Waals surface area contributed by atoms with Crippen LogP contribution in [-0.4, -0.2) is 63.9 Å². The summed E-state index contributed by atoms with van der Waals surface area (Å²) in [6, 6.07) is 14.3. The van der Waals surface area contributed by atoms with Crippen LogP contribution in [0.15, 0.2) is 47.4 Å². The van der Waals surface area contributed by atoms with Crippen molar-refractivity contribution in [2.75, 3.05) is 62.9 Å². The minimum absolute atomic E-state index is 0.0677. The number of benzene rings is 2. The zero-order valence-electron chi connectivity index (χ0n) is 17.9. The van der Waals surface area contributed by atoms with Crippen LogP contribution < -0.4 is 14.5 Å². The number of methoxy groups -OCH3 is 1. The molecule has 3 rings (SSSR count). The lowest BCUT2D eigenvalue weighted by Gasteiger charge is -2.38. The SMILES string of the molecule is CCCSc1c(C(=O)N(C)C)cccc1N1CCN(c2ccccc2OC)CC1. The molecule has 1 fully saturated rings. The van der Waals surface area contributed by atoms with Crippen molar-refractivity contribution in [1.82, 2.24) is 4.90 Å². The number of rotatable bonds is 7. The molecule has 0 saturated carbocycles. The van der Waals surface area contributed by atoms with Gasteiger partial charge in [0.05, 0.1) is 24.0 Å². The molecule has 0 atom stereocenters. The number of nitrogens with zero attached hydrogens (tertiary/aromatic N) is 3. The zero-order valence-corrected chi connectivity index (χ0v) is 18.7. The first-order valence-corrected chi connectivity index (χ1v) is 11.2. The molecule has 1 amide bonds. The first kappa shape index (κ1) is 21.4. The van der Waals surface area contributed by atoms with Crippen LogP contribution in [0.2, 0.25) is 0 Å². The van der Waals surface area contributed by atoms with Crippen molar-refractivity contribution in [3.05, 3.63) is 48.0 Å². The number of thioether (sulfide) groups is 1. The Labute approximate surface area is 178 Å². The maximum absolute atomic E-state index is 12.7. The maximum Gasteiger partial charge on any atom is 0.254 e. The summed E-state index contributed by atoms with van der Waals surface area (Å²) < 4.78 is 5.54. The highest BCUT2D eigenvalue weighted by molar-refractivity contribution is 7.99. The third-order valence-corrected chi connectivity index (χ3v) is 6.46. The Kier molecular flexibility index (Phi) is 7.31. The molecule has 6 heteroatoms. The molecule has 0 spiro atoms. The molecule has 0 unspecified atom stereocenters. The van der Waals surface area contributed by atoms with Crippen molar-refractivity contribution in [2.24, 2.45) is 0 Å². The molecule has 156 valence electrons. The number of para-hydroxylation sites is 2. The zero-order chi connectivity index (χ0) is 20.8. The van der Waals surface area contributed by atoms with Crippen LogP contribution in [0.1, 0.15) is 23.7 Å². The van der Waals surface area contributed by atoms with Crippen LogP contribution in [0.3, 0.4) is 0 Å². The fourth-order valence-electron chi connectivity index (χ4n) is 3.62. The van der Waals surface area contributed by atoms with Gasteiger partial charge in [0, 0.05) is 45.2 Å². The summed E-state index contributed by atoms with van der Waals surface area (Å²) in [6.07, 6.45) is 1.08. The second kappa shape index (κ2) is 9.92. The molecule has 0 N–H and O–H groups in total. The predicted molar refractivity (Wildman–Crippen MR) is 123 cm³/mol. The maximum atomic E-state index is 12.7. The second-order valence-electron chi connectivity index (χ2n) is 7.35. The van der Waals surface area contributed by atoms with E-state index in [-0.39, 0.29) is 5.91 Å². The molecule has 0 radical (unpaired) electrons. The molecule has 5 nitrogen and oxygen atoms in total. The number of hydrogen-bond acceptors (Lipinski definition) is 5.